The molecule has 29 heavy (non-hydrogen) atoms. The van der Waals surface area contributed by atoms with Gasteiger partial charge in [-0.3, -0.25) is 0 Å². The topological polar surface area (TPSA) is 17.1 Å². The summed E-state index contributed by atoms with van der Waals surface area (Å²) < 4.78 is 17.1. The first-order valence-corrected chi connectivity index (χ1v) is 13.6. The molecule has 0 aliphatic carbocycles. The molecular formula is C26H21OPTe. The van der Waals surface area contributed by atoms with Gasteiger partial charge in [-0.2, -0.15) is 0 Å². The average molecular weight is 508 g/mol. The van der Waals surface area contributed by atoms with E-state index in [1.165, 1.54) is 7.23 Å². The Kier molecular flexibility index (Phi) is 6.48. The van der Waals surface area contributed by atoms with Crippen molar-refractivity contribution in [3.8, 4) is 0 Å². The molecule has 0 bridgehead atoms. The fourth-order valence-corrected chi connectivity index (χ4v) is 9.51. The number of benzene rings is 4. The second kappa shape index (κ2) is 9.42. The van der Waals surface area contributed by atoms with E-state index in [0.29, 0.717) is 0 Å². The molecule has 0 aromatic heterocycles. The SMILES string of the molecule is O=P(/C=C(/[Te]c1ccccc1)c1ccccc1)(c1ccccc1)c1ccccc1. The van der Waals surface area contributed by atoms with Crippen LogP contribution in [0.3, 0.4) is 0 Å². The van der Waals surface area contributed by atoms with Crippen molar-refractivity contribution in [2.24, 2.45) is 0 Å². The summed E-state index contributed by atoms with van der Waals surface area (Å²) in [6.45, 7) is 0. The molecule has 0 aliphatic heterocycles. The van der Waals surface area contributed by atoms with E-state index in [2.05, 4.69) is 54.3 Å². The molecule has 142 valence electrons. The minimum absolute atomic E-state index is 0.699. The van der Waals surface area contributed by atoms with Crippen LogP contribution in [0.2, 0.25) is 0 Å². The molecule has 0 spiro atoms. The Morgan fingerprint density at radius 2 is 1.00 bits per heavy atom. The van der Waals surface area contributed by atoms with E-state index in [1.807, 2.05) is 72.8 Å². The predicted molar refractivity (Wildman–Crippen MR) is 126 cm³/mol. The first-order valence-electron chi connectivity index (χ1n) is 9.48. The maximum atomic E-state index is 14.5. The minimum atomic E-state index is -2.91. The van der Waals surface area contributed by atoms with Gasteiger partial charge in [-0.15, -0.1) is 0 Å². The zero-order valence-electron chi connectivity index (χ0n) is 15.9. The third-order valence-electron chi connectivity index (χ3n) is 4.61. The summed E-state index contributed by atoms with van der Waals surface area (Å²) in [6, 6.07) is 40.7. The molecule has 0 fully saturated rings. The standard InChI is InChI=1S/C26H21OPTe/c27-28(23-15-7-2-8-16-23,24-17-9-3-10-18-24)21-26(22-13-5-1-6-14-22)29-25-19-11-4-12-20-25/h1-21H/b26-21+. The van der Waals surface area contributed by atoms with Crippen LogP contribution in [0.15, 0.2) is 127 Å². The van der Waals surface area contributed by atoms with Gasteiger partial charge in [0.25, 0.3) is 0 Å². The van der Waals surface area contributed by atoms with Gasteiger partial charge in [0, 0.05) is 0 Å². The van der Waals surface area contributed by atoms with Crippen LogP contribution in [0.5, 0.6) is 0 Å². The Bertz CT molecular complexity index is 1080. The molecule has 1 nitrogen and oxygen atoms in total. The van der Waals surface area contributed by atoms with Crippen LogP contribution in [-0.2, 0) is 4.57 Å². The van der Waals surface area contributed by atoms with E-state index in [0.717, 1.165) is 16.2 Å². The summed E-state index contributed by atoms with van der Waals surface area (Å²) >= 11 is -0.699. The van der Waals surface area contributed by atoms with E-state index in [-0.39, 0.29) is 0 Å². The third kappa shape index (κ3) is 4.80. The molecular weight excluding hydrogens is 487 g/mol. The van der Waals surface area contributed by atoms with Crippen molar-refractivity contribution in [1.82, 2.24) is 0 Å². The van der Waals surface area contributed by atoms with Gasteiger partial charge in [0.15, 0.2) is 0 Å². The van der Waals surface area contributed by atoms with E-state index in [4.69, 9.17) is 0 Å². The Morgan fingerprint density at radius 3 is 1.48 bits per heavy atom. The van der Waals surface area contributed by atoms with Crippen LogP contribution in [-0.4, -0.2) is 20.9 Å². The van der Waals surface area contributed by atoms with Crippen molar-refractivity contribution in [2.75, 3.05) is 0 Å². The molecule has 0 N–H and O–H groups in total. The average Bonchev–Trinajstić information content (AvgIpc) is 2.81. The molecule has 0 atom stereocenters. The summed E-state index contributed by atoms with van der Waals surface area (Å²) in [6.07, 6.45) is 0. The Labute approximate surface area is 182 Å². The Balaban J connectivity index is 1.90. The fourth-order valence-electron chi connectivity index (χ4n) is 3.14. The fraction of sp³-hybridized carbons (Fsp3) is 0. The van der Waals surface area contributed by atoms with Gasteiger partial charge < -0.3 is 0 Å². The molecule has 3 heteroatoms. The van der Waals surface area contributed by atoms with Crippen LogP contribution in [0, 0.1) is 0 Å². The Morgan fingerprint density at radius 1 is 0.586 bits per heavy atom. The molecule has 0 heterocycles. The summed E-state index contributed by atoms with van der Waals surface area (Å²) in [5.41, 5.74) is 1.16. The summed E-state index contributed by atoms with van der Waals surface area (Å²) in [5, 5.41) is 1.75. The van der Waals surface area contributed by atoms with Gasteiger partial charge in [0.2, 0.25) is 0 Å². The van der Waals surface area contributed by atoms with Gasteiger partial charge in [-0.05, 0) is 0 Å². The van der Waals surface area contributed by atoms with Gasteiger partial charge in [0.1, 0.15) is 0 Å². The van der Waals surface area contributed by atoms with E-state index >= 15 is 0 Å². The number of rotatable bonds is 6. The van der Waals surface area contributed by atoms with Crippen molar-refractivity contribution < 1.29 is 4.57 Å². The second-order valence-electron chi connectivity index (χ2n) is 6.60. The van der Waals surface area contributed by atoms with Crippen LogP contribution in [0.1, 0.15) is 5.56 Å². The van der Waals surface area contributed by atoms with E-state index in [9.17, 15) is 4.57 Å². The molecule has 0 saturated heterocycles. The van der Waals surface area contributed by atoms with Crippen molar-refractivity contribution in [3.63, 3.8) is 0 Å². The van der Waals surface area contributed by atoms with Crippen LogP contribution >= 0.6 is 7.14 Å². The molecule has 0 aliphatic rings. The number of hydrogen-bond acceptors (Lipinski definition) is 1. The molecule has 4 rings (SSSR count). The van der Waals surface area contributed by atoms with Crippen molar-refractivity contribution >= 4 is 45.9 Å². The Hall–Kier alpha value is -2.36. The van der Waals surface area contributed by atoms with Crippen molar-refractivity contribution in [1.29, 1.82) is 0 Å². The van der Waals surface area contributed by atoms with E-state index in [1.54, 1.807) is 0 Å². The molecule has 4 aromatic rings. The second-order valence-corrected chi connectivity index (χ2v) is 12.4. The van der Waals surface area contributed by atoms with Gasteiger partial charge in [0.05, 0.1) is 0 Å². The van der Waals surface area contributed by atoms with Crippen molar-refractivity contribution in [2.45, 2.75) is 0 Å². The zero-order chi connectivity index (χ0) is 19.9. The van der Waals surface area contributed by atoms with Crippen molar-refractivity contribution in [3.05, 3.63) is 133 Å². The quantitative estimate of drug-likeness (QED) is 0.264. The monoisotopic (exact) mass is 510 g/mol. The molecule has 0 saturated carbocycles. The van der Waals surface area contributed by atoms with Crippen LogP contribution in [0.4, 0.5) is 0 Å². The van der Waals surface area contributed by atoms with Gasteiger partial charge in [-0.25, -0.2) is 0 Å². The maximum absolute atomic E-state index is 14.5. The van der Waals surface area contributed by atoms with E-state index < -0.39 is 28.1 Å². The molecule has 0 amide bonds. The molecule has 0 unspecified atom stereocenters. The molecule has 4 aromatic carbocycles. The summed E-state index contributed by atoms with van der Waals surface area (Å²) in [7, 11) is -2.91. The summed E-state index contributed by atoms with van der Waals surface area (Å²) in [5.74, 6) is 2.07. The zero-order valence-corrected chi connectivity index (χ0v) is 19.1. The van der Waals surface area contributed by atoms with Crippen LogP contribution < -0.4 is 14.2 Å². The number of hydrogen-bond donors (Lipinski definition) is 0. The predicted octanol–water partition coefficient (Wildman–Crippen LogP) is 5.03. The normalized spacial score (nSPS) is 11.9. The summed E-state index contributed by atoms with van der Waals surface area (Å²) in [4.78, 5) is 0. The van der Waals surface area contributed by atoms with Gasteiger partial charge in [-0.1, -0.05) is 0 Å². The van der Waals surface area contributed by atoms with Crippen LogP contribution in [0.25, 0.3) is 3.62 Å². The first-order chi connectivity index (χ1) is 14.3. The third-order valence-corrected chi connectivity index (χ3v) is 11.0. The van der Waals surface area contributed by atoms with Gasteiger partial charge >= 0.3 is 183 Å². The molecule has 0 radical (unpaired) electrons. The first kappa shape index (κ1) is 19.9.